The molecule has 2 aromatic carbocycles. The molecule has 8 nitrogen and oxygen atoms in total. The van der Waals surface area contributed by atoms with Crippen molar-refractivity contribution in [3.63, 3.8) is 0 Å². The highest BCUT2D eigenvalue weighted by Crippen LogP contribution is 2.38. The number of nitrogens with one attached hydrogen (secondary N) is 3. The van der Waals surface area contributed by atoms with E-state index in [4.69, 9.17) is 4.98 Å². The second kappa shape index (κ2) is 7.59. The molecule has 1 unspecified atom stereocenters. The molecule has 0 saturated heterocycles. The molecule has 3 N–H and O–H groups in total. The van der Waals surface area contributed by atoms with Crippen LogP contribution in [0.1, 0.15) is 28.9 Å². The van der Waals surface area contributed by atoms with Crippen LogP contribution in [0.25, 0.3) is 44.0 Å². The van der Waals surface area contributed by atoms with Gasteiger partial charge in [0.1, 0.15) is 0 Å². The van der Waals surface area contributed by atoms with Crippen molar-refractivity contribution < 1.29 is 0 Å². The minimum Gasteiger partial charge on any atom is -0.351 e. The van der Waals surface area contributed by atoms with Gasteiger partial charge in [0.15, 0.2) is 0 Å². The Hall–Kier alpha value is -4.33. The van der Waals surface area contributed by atoms with E-state index in [0.29, 0.717) is 5.95 Å². The number of rotatable bonds is 3. The number of anilines is 1. The second-order valence-electron chi connectivity index (χ2n) is 9.44. The van der Waals surface area contributed by atoms with Crippen molar-refractivity contribution >= 4 is 38.7 Å². The van der Waals surface area contributed by atoms with Gasteiger partial charge in [-0.15, -0.1) is 0 Å². The van der Waals surface area contributed by atoms with Crippen molar-refractivity contribution in [3.8, 4) is 11.3 Å². The van der Waals surface area contributed by atoms with Gasteiger partial charge >= 0.3 is 0 Å². The molecule has 1 aliphatic carbocycles. The summed E-state index contributed by atoms with van der Waals surface area (Å²) in [6.07, 6.45) is 6.58. The number of fused-ring (bicyclic) bond motifs is 6. The van der Waals surface area contributed by atoms with E-state index >= 15 is 0 Å². The molecule has 1 atom stereocenters. The number of aromatic nitrogens is 7. The first-order valence-electron chi connectivity index (χ1n) is 11.9. The predicted molar refractivity (Wildman–Crippen MR) is 137 cm³/mol. The van der Waals surface area contributed by atoms with Crippen LogP contribution in [-0.2, 0) is 12.8 Å². The largest absolute Gasteiger partial charge is 0.351 e. The molecule has 1 aliphatic rings. The molecule has 0 amide bonds. The van der Waals surface area contributed by atoms with E-state index in [-0.39, 0.29) is 6.04 Å². The normalized spacial score (nSPS) is 15.7. The fraction of sp³-hybridized carbons (Fsp3) is 0.222. The van der Waals surface area contributed by atoms with Gasteiger partial charge in [-0.3, -0.25) is 10.2 Å². The molecule has 0 spiro atoms. The fourth-order valence-electron chi connectivity index (χ4n) is 5.49. The smallest absolute Gasteiger partial charge is 0.223 e. The number of nitrogens with zero attached hydrogens (tertiary/aromatic N) is 5. The highest BCUT2D eigenvalue weighted by molar-refractivity contribution is 6.08. The first-order valence-corrected chi connectivity index (χ1v) is 11.9. The van der Waals surface area contributed by atoms with Crippen molar-refractivity contribution in [1.29, 1.82) is 0 Å². The third-order valence-electron chi connectivity index (χ3n) is 7.01. The number of aromatic amines is 2. The summed E-state index contributed by atoms with van der Waals surface area (Å²) in [6.45, 7) is 4.01. The van der Waals surface area contributed by atoms with Crippen molar-refractivity contribution in [2.45, 2.75) is 39.2 Å². The Morgan fingerprint density at radius 1 is 0.857 bits per heavy atom. The summed E-state index contributed by atoms with van der Waals surface area (Å²) in [4.78, 5) is 14.5. The van der Waals surface area contributed by atoms with Gasteiger partial charge in [0.2, 0.25) is 5.95 Å². The van der Waals surface area contributed by atoms with Crippen LogP contribution >= 0.6 is 0 Å². The molecule has 0 aliphatic heterocycles. The Bertz CT molecular complexity index is 1730. The van der Waals surface area contributed by atoms with Gasteiger partial charge in [-0.1, -0.05) is 6.07 Å². The molecule has 0 saturated carbocycles. The SMILES string of the molecule is Cc1cc(C)nc(NC2CCc3c(c(-c4ccc5[nH]ncc5c4)nc4ccc5[nH]ncc5c34)C2)n1. The minimum atomic E-state index is 0.225. The van der Waals surface area contributed by atoms with E-state index in [1.54, 1.807) is 0 Å². The summed E-state index contributed by atoms with van der Waals surface area (Å²) >= 11 is 0. The highest BCUT2D eigenvalue weighted by atomic mass is 15.1. The molecular weight excluding hydrogens is 436 g/mol. The summed E-state index contributed by atoms with van der Waals surface area (Å²) in [5.41, 5.74) is 9.79. The molecule has 7 rings (SSSR count). The maximum Gasteiger partial charge on any atom is 0.223 e. The molecule has 4 heterocycles. The Morgan fingerprint density at radius 3 is 2.54 bits per heavy atom. The van der Waals surface area contributed by atoms with Gasteiger partial charge in [-0.05, 0) is 74.6 Å². The average molecular weight is 461 g/mol. The van der Waals surface area contributed by atoms with Crippen LogP contribution in [0.2, 0.25) is 0 Å². The third kappa shape index (κ3) is 3.32. The van der Waals surface area contributed by atoms with E-state index in [1.807, 2.05) is 32.3 Å². The van der Waals surface area contributed by atoms with Crippen LogP contribution in [-0.4, -0.2) is 41.4 Å². The van der Waals surface area contributed by atoms with E-state index in [0.717, 1.165) is 69.2 Å². The second-order valence-corrected chi connectivity index (χ2v) is 9.44. The first-order chi connectivity index (χ1) is 17.1. The number of pyridine rings is 1. The molecule has 0 bridgehead atoms. The maximum atomic E-state index is 5.22. The quantitative estimate of drug-likeness (QED) is 0.342. The van der Waals surface area contributed by atoms with E-state index in [9.17, 15) is 0 Å². The zero-order valence-electron chi connectivity index (χ0n) is 19.6. The molecule has 6 aromatic rings. The van der Waals surface area contributed by atoms with Crippen molar-refractivity contribution in [2.75, 3.05) is 5.32 Å². The third-order valence-corrected chi connectivity index (χ3v) is 7.01. The van der Waals surface area contributed by atoms with Gasteiger partial charge in [0.25, 0.3) is 0 Å². The number of aryl methyl sites for hydroxylation is 3. The average Bonchev–Trinajstić information content (AvgIpc) is 3.51. The topological polar surface area (TPSA) is 108 Å². The van der Waals surface area contributed by atoms with Crippen molar-refractivity contribution in [1.82, 2.24) is 35.3 Å². The zero-order valence-corrected chi connectivity index (χ0v) is 19.6. The summed E-state index contributed by atoms with van der Waals surface area (Å²) in [7, 11) is 0. The number of H-pyrrole nitrogens is 2. The monoisotopic (exact) mass is 460 g/mol. The number of benzene rings is 2. The van der Waals surface area contributed by atoms with Crippen LogP contribution in [0, 0.1) is 13.8 Å². The maximum absolute atomic E-state index is 5.22. The van der Waals surface area contributed by atoms with Crippen molar-refractivity contribution in [3.05, 3.63) is 71.3 Å². The van der Waals surface area contributed by atoms with Crippen LogP contribution in [0.15, 0.2) is 48.8 Å². The lowest BCUT2D eigenvalue weighted by molar-refractivity contribution is 0.608. The van der Waals surface area contributed by atoms with Crippen LogP contribution in [0.3, 0.4) is 0 Å². The molecule has 35 heavy (non-hydrogen) atoms. The van der Waals surface area contributed by atoms with Crippen LogP contribution in [0.4, 0.5) is 5.95 Å². The lowest BCUT2D eigenvalue weighted by Crippen LogP contribution is -2.29. The van der Waals surface area contributed by atoms with E-state index < -0.39 is 0 Å². The first kappa shape index (κ1) is 20.1. The molecule has 0 fully saturated rings. The standard InChI is InChI=1S/C27H24N8/c1-14-9-15(2)31-27(30-14)32-18-4-5-19-20(11-18)26(16-3-6-22-17(10-16)12-28-34-22)33-24-8-7-23-21(25(19)24)13-29-35-23/h3,6-10,12-13,18H,4-5,11H2,1-2H3,(H,28,34)(H,29,35)(H,30,31,32). The van der Waals surface area contributed by atoms with Crippen LogP contribution < -0.4 is 5.32 Å². The van der Waals surface area contributed by atoms with Crippen molar-refractivity contribution in [2.24, 2.45) is 0 Å². The van der Waals surface area contributed by atoms with Gasteiger partial charge in [0.05, 0.1) is 34.6 Å². The van der Waals surface area contributed by atoms with Gasteiger partial charge < -0.3 is 5.32 Å². The minimum absolute atomic E-state index is 0.225. The Balaban J connectivity index is 1.40. The van der Waals surface area contributed by atoms with E-state index in [2.05, 4.69) is 66.0 Å². The molecule has 172 valence electrons. The fourth-order valence-corrected chi connectivity index (χ4v) is 5.49. The molecular formula is C27H24N8. The molecule has 8 heteroatoms. The molecule has 0 radical (unpaired) electrons. The summed E-state index contributed by atoms with van der Waals surface area (Å²) in [6, 6.07) is 12.8. The Labute approximate surface area is 201 Å². The van der Waals surface area contributed by atoms with Crippen LogP contribution in [0.5, 0.6) is 0 Å². The van der Waals surface area contributed by atoms with Gasteiger partial charge in [-0.2, -0.15) is 10.2 Å². The number of hydrogen-bond acceptors (Lipinski definition) is 6. The predicted octanol–water partition coefficient (Wildman–Crippen LogP) is 5.03. The lowest BCUT2D eigenvalue weighted by Gasteiger charge is -2.28. The van der Waals surface area contributed by atoms with Gasteiger partial charge in [-0.25, -0.2) is 15.0 Å². The van der Waals surface area contributed by atoms with Gasteiger partial charge in [0, 0.05) is 39.2 Å². The summed E-state index contributed by atoms with van der Waals surface area (Å²) in [5.74, 6) is 0.697. The molecule has 4 aromatic heterocycles. The summed E-state index contributed by atoms with van der Waals surface area (Å²) < 4.78 is 0. The van der Waals surface area contributed by atoms with E-state index in [1.165, 1.54) is 16.5 Å². The zero-order chi connectivity index (χ0) is 23.5. The lowest BCUT2D eigenvalue weighted by atomic mass is 9.83. The Morgan fingerprint density at radius 2 is 1.66 bits per heavy atom. The highest BCUT2D eigenvalue weighted by Gasteiger charge is 2.26. The number of hydrogen-bond donors (Lipinski definition) is 3. The Kier molecular flexibility index (Phi) is 4.36. The summed E-state index contributed by atoms with van der Waals surface area (Å²) in [5, 5.41) is 21.7.